The molecule has 0 unspecified atom stereocenters. The number of anilines is 1. The molecule has 26 heavy (non-hydrogen) atoms. The first-order chi connectivity index (χ1) is 12.3. The number of hydrogen-bond donors (Lipinski definition) is 3. The highest BCUT2D eigenvalue weighted by atomic mass is 32.2. The Kier molecular flexibility index (Phi) is 6.34. The van der Waals surface area contributed by atoms with Crippen LogP contribution >= 0.6 is 11.8 Å². The zero-order valence-corrected chi connectivity index (χ0v) is 15.2. The summed E-state index contributed by atoms with van der Waals surface area (Å²) in [6, 6.07) is 5.70. The van der Waals surface area contributed by atoms with Crippen LogP contribution in [0.3, 0.4) is 0 Å². The zero-order chi connectivity index (χ0) is 19.3. The normalized spacial score (nSPS) is 10.5. The van der Waals surface area contributed by atoms with Crippen molar-refractivity contribution in [1.29, 1.82) is 0 Å². The minimum absolute atomic E-state index is 0.00638. The number of hydrogen-bond acceptors (Lipinski definition) is 7. The predicted octanol–water partition coefficient (Wildman–Crippen LogP) is 0.717. The molecule has 0 radical (unpaired) electrons. The van der Waals surface area contributed by atoms with E-state index < -0.39 is 11.5 Å². The Morgan fingerprint density at radius 2 is 1.92 bits per heavy atom. The standard InChI is InChI=1S/C16H19N5O4S/c1-9-4-3-5-10(2)14(9)18-12(22)8-26-16-20-19-11(6-7-13(23)24)15(25)21(16)17/h3-5H,6-8,17H2,1-2H3,(H,18,22)(H,23,24). The molecule has 0 fully saturated rings. The summed E-state index contributed by atoms with van der Waals surface area (Å²) >= 11 is 0.969. The number of carboxylic acid groups (broad SMARTS) is 1. The van der Waals surface area contributed by atoms with Gasteiger partial charge in [-0.05, 0) is 25.0 Å². The highest BCUT2D eigenvalue weighted by molar-refractivity contribution is 7.99. The molecule has 2 rings (SSSR count). The molecule has 0 saturated heterocycles. The average molecular weight is 377 g/mol. The van der Waals surface area contributed by atoms with Crippen LogP contribution in [-0.2, 0) is 16.0 Å². The SMILES string of the molecule is Cc1cccc(C)c1NC(=O)CSc1nnc(CCC(=O)O)c(=O)n1N. The molecule has 0 saturated carbocycles. The number of thioether (sulfide) groups is 1. The van der Waals surface area contributed by atoms with E-state index in [0.717, 1.165) is 33.3 Å². The smallest absolute Gasteiger partial charge is 0.303 e. The third-order valence-electron chi connectivity index (χ3n) is 3.58. The van der Waals surface area contributed by atoms with E-state index in [9.17, 15) is 14.4 Å². The van der Waals surface area contributed by atoms with Gasteiger partial charge >= 0.3 is 5.97 Å². The second-order valence-corrected chi connectivity index (χ2v) is 6.54. The number of nitrogens with two attached hydrogens (primary N) is 1. The van der Waals surface area contributed by atoms with Crippen molar-refractivity contribution in [2.75, 3.05) is 16.9 Å². The van der Waals surface area contributed by atoms with E-state index in [4.69, 9.17) is 10.9 Å². The van der Waals surface area contributed by atoms with Gasteiger partial charge in [0, 0.05) is 12.1 Å². The van der Waals surface area contributed by atoms with Gasteiger partial charge in [0.25, 0.3) is 5.56 Å². The Balaban J connectivity index is 2.03. The fraction of sp³-hybridized carbons (Fsp3) is 0.312. The highest BCUT2D eigenvalue weighted by Crippen LogP contribution is 2.20. The van der Waals surface area contributed by atoms with Crippen LogP contribution in [0.15, 0.2) is 28.2 Å². The number of carboxylic acids is 1. The van der Waals surface area contributed by atoms with Crippen molar-refractivity contribution in [2.45, 2.75) is 31.8 Å². The van der Waals surface area contributed by atoms with Crippen LogP contribution in [0.2, 0.25) is 0 Å². The van der Waals surface area contributed by atoms with Crippen molar-refractivity contribution in [3.8, 4) is 0 Å². The first-order valence-corrected chi connectivity index (χ1v) is 8.72. The zero-order valence-electron chi connectivity index (χ0n) is 14.4. The van der Waals surface area contributed by atoms with Crippen LogP contribution < -0.4 is 16.7 Å². The average Bonchev–Trinajstić information content (AvgIpc) is 2.58. The van der Waals surface area contributed by atoms with Gasteiger partial charge in [-0.1, -0.05) is 30.0 Å². The molecule has 4 N–H and O–H groups in total. The molecule has 0 spiro atoms. The van der Waals surface area contributed by atoms with Gasteiger partial charge < -0.3 is 16.3 Å². The van der Waals surface area contributed by atoms with E-state index in [1.165, 1.54) is 0 Å². The number of carbonyl (C=O) groups excluding carboxylic acids is 1. The number of rotatable bonds is 7. The number of aromatic nitrogens is 3. The third-order valence-corrected chi connectivity index (χ3v) is 4.52. The molecule has 10 heteroatoms. The minimum atomic E-state index is -1.05. The quantitative estimate of drug-likeness (QED) is 0.473. The lowest BCUT2D eigenvalue weighted by Gasteiger charge is -2.11. The van der Waals surface area contributed by atoms with Crippen molar-refractivity contribution < 1.29 is 14.7 Å². The predicted molar refractivity (Wildman–Crippen MR) is 97.7 cm³/mol. The van der Waals surface area contributed by atoms with Gasteiger partial charge in [-0.3, -0.25) is 14.4 Å². The Morgan fingerprint density at radius 3 is 2.54 bits per heavy atom. The Morgan fingerprint density at radius 1 is 1.27 bits per heavy atom. The number of amides is 1. The summed E-state index contributed by atoms with van der Waals surface area (Å²) in [6.45, 7) is 3.79. The number of para-hydroxylation sites is 1. The van der Waals surface area contributed by atoms with Gasteiger partial charge in [-0.15, -0.1) is 10.2 Å². The summed E-state index contributed by atoms with van der Waals surface area (Å²) in [5.74, 6) is 4.36. The van der Waals surface area contributed by atoms with Crippen molar-refractivity contribution >= 4 is 29.3 Å². The number of benzene rings is 1. The first kappa shape index (κ1) is 19.4. The van der Waals surface area contributed by atoms with Crippen molar-refractivity contribution in [3.05, 3.63) is 45.4 Å². The topological polar surface area (TPSA) is 140 Å². The third kappa shape index (κ3) is 4.82. The molecule has 0 atom stereocenters. The molecule has 1 amide bonds. The first-order valence-electron chi connectivity index (χ1n) is 7.74. The van der Waals surface area contributed by atoms with Crippen LogP contribution in [0.5, 0.6) is 0 Å². The van der Waals surface area contributed by atoms with Gasteiger partial charge in [-0.25, -0.2) is 0 Å². The van der Waals surface area contributed by atoms with Gasteiger partial charge in [-0.2, -0.15) is 4.68 Å². The van der Waals surface area contributed by atoms with Gasteiger partial charge in [0.1, 0.15) is 5.69 Å². The van der Waals surface area contributed by atoms with E-state index in [1.54, 1.807) is 0 Å². The Hall–Kier alpha value is -2.88. The molecule has 1 aromatic carbocycles. The molecule has 0 aliphatic heterocycles. The number of carbonyl (C=O) groups is 2. The summed E-state index contributed by atoms with van der Waals surface area (Å²) in [4.78, 5) is 34.8. The van der Waals surface area contributed by atoms with Crippen LogP contribution in [0.25, 0.3) is 0 Å². The summed E-state index contributed by atoms with van der Waals surface area (Å²) in [6.07, 6.45) is -0.301. The lowest BCUT2D eigenvalue weighted by Crippen LogP contribution is -2.34. The van der Waals surface area contributed by atoms with Crippen LogP contribution in [0.1, 0.15) is 23.2 Å². The van der Waals surface area contributed by atoms with E-state index in [-0.39, 0.29) is 35.4 Å². The molecule has 1 heterocycles. The maximum atomic E-state index is 12.2. The summed E-state index contributed by atoms with van der Waals surface area (Å²) < 4.78 is 0.779. The van der Waals surface area contributed by atoms with Crippen LogP contribution in [0, 0.1) is 13.8 Å². The van der Waals surface area contributed by atoms with Crippen LogP contribution in [0.4, 0.5) is 5.69 Å². The van der Waals surface area contributed by atoms with Gasteiger partial charge in [0.05, 0.1) is 12.2 Å². The molecular formula is C16H19N5O4S. The van der Waals surface area contributed by atoms with Gasteiger partial charge in [0.15, 0.2) is 0 Å². The molecule has 0 aliphatic rings. The molecule has 1 aromatic heterocycles. The largest absolute Gasteiger partial charge is 0.481 e. The number of nitrogen functional groups attached to an aromatic ring is 1. The van der Waals surface area contributed by atoms with E-state index in [1.807, 2.05) is 32.0 Å². The molecule has 138 valence electrons. The Labute approximate surface area is 153 Å². The number of nitrogens with one attached hydrogen (secondary N) is 1. The molecule has 2 aromatic rings. The molecule has 9 nitrogen and oxygen atoms in total. The number of nitrogens with zero attached hydrogens (tertiary/aromatic N) is 3. The second kappa shape index (κ2) is 8.48. The lowest BCUT2D eigenvalue weighted by atomic mass is 10.1. The van der Waals surface area contributed by atoms with E-state index in [2.05, 4.69) is 15.5 Å². The molecule has 0 bridgehead atoms. The molecule has 0 aliphatic carbocycles. The summed E-state index contributed by atoms with van der Waals surface area (Å²) in [5, 5.41) is 19.1. The van der Waals surface area contributed by atoms with Crippen molar-refractivity contribution in [3.63, 3.8) is 0 Å². The van der Waals surface area contributed by atoms with Crippen LogP contribution in [-0.4, -0.2) is 37.6 Å². The summed E-state index contributed by atoms with van der Waals surface area (Å²) in [7, 11) is 0. The monoisotopic (exact) mass is 377 g/mol. The number of aryl methyl sites for hydroxylation is 3. The minimum Gasteiger partial charge on any atom is -0.481 e. The second-order valence-electron chi connectivity index (χ2n) is 5.60. The maximum Gasteiger partial charge on any atom is 0.303 e. The highest BCUT2D eigenvalue weighted by Gasteiger charge is 2.14. The fourth-order valence-electron chi connectivity index (χ4n) is 2.22. The Bertz CT molecular complexity index is 876. The fourth-order valence-corrected chi connectivity index (χ4v) is 2.87. The van der Waals surface area contributed by atoms with Crippen molar-refractivity contribution in [1.82, 2.24) is 14.9 Å². The lowest BCUT2D eigenvalue weighted by molar-refractivity contribution is -0.137. The van der Waals surface area contributed by atoms with Crippen molar-refractivity contribution in [2.24, 2.45) is 0 Å². The number of aliphatic carboxylic acids is 1. The van der Waals surface area contributed by atoms with Gasteiger partial charge in [0.2, 0.25) is 11.1 Å². The molecular weight excluding hydrogens is 358 g/mol. The van der Waals surface area contributed by atoms with E-state index >= 15 is 0 Å². The maximum absolute atomic E-state index is 12.2. The van der Waals surface area contributed by atoms with E-state index in [0.29, 0.717) is 0 Å². The summed E-state index contributed by atoms with van der Waals surface area (Å²) in [5.41, 5.74) is 1.99.